The van der Waals surface area contributed by atoms with E-state index in [4.69, 9.17) is 0 Å². The third kappa shape index (κ3) is 4.61. The minimum absolute atomic E-state index is 0.105. The number of carbonyl (C=O) groups excluding carboxylic acids is 2. The summed E-state index contributed by atoms with van der Waals surface area (Å²) < 4.78 is 0. The van der Waals surface area contributed by atoms with Gasteiger partial charge in [0, 0.05) is 37.5 Å². The zero-order valence-electron chi connectivity index (χ0n) is 15.5. The number of hydrogen-bond acceptors (Lipinski definition) is 3. The van der Waals surface area contributed by atoms with Crippen molar-refractivity contribution < 1.29 is 9.59 Å². The molecule has 1 N–H and O–H groups in total. The van der Waals surface area contributed by atoms with Gasteiger partial charge in [0.25, 0.3) is 5.91 Å². The molecule has 0 spiro atoms. The topological polar surface area (TPSA) is 49.4 Å². The first-order valence-electron chi connectivity index (χ1n) is 8.77. The van der Waals surface area contributed by atoms with Crippen molar-refractivity contribution in [1.82, 2.24) is 5.32 Å². The molecule has 136 valence electrons. The van der Waals surface area contributed by atoms with Crippen LogP contribution in [0.1, 0.15) is 26.3 Å². The van der Waals surface area contributed by atoms with Gasteiger partial charge < -0.3 is 10.2 Å². The number of hydrogen-bond donors (Lipinski definition) is 1. The zero-order chi connectivity index (χ0) is 19.2. The Balaban J connectivity index is 1.72. The first-order valence-corrected chi connectivity index (χ1v) is 8.77. The summed E-state index contributed by atoms with van der Waals surface area (Å²) >= 11 is 0. The van der Waals surface area contributed by atoms with E-state index in [9.17, 15) is 9.59 Å². The molecule has 0 heterocycles. The van der Waals surface area contributed by atoms with Gasteiger partial charge in [-0.25, -0.2) is 0 Å². The zero-order valence-corrected chi connectivity index (χ0v) is 15.5. The number of nitrogens with one attached hydrogen (secondary N) is 1. The second-order valence-electron chi connectivity index (χ2n) is 6.57. The molecule has 0 unspecified atom stereocenters. The third-order valence-electron chi connectivity index (χ3n) is 4.36. The highest BCUT2D eigenvalue weighted by Crippen LogP contribution is 2.21. The van der Waals surface area contributed by atoms with Crippen LogP contribution < -0.4 is 10.2 Å². The molecule has 0 bridgehead atoms. The molecule has 0 saturated carbocycles. The molecule has 0 saturated heterocycles. The van der Waals surface area contributed by atoms with Crippen molar-refractivity contribution in [2.75, 3.05) is 19.0 Å². The van der Waals surface area contributed by atoms with E-state index < -0.39 is 0 Å². The van der Waals surface area contributed by atoms with Crippen molar-refractivity contribution in [3.05, 3.63) is 89.5 Å². The number of rotatable bonds is 6. The molecular weight excluding hydrogens is 336 g/mol. The quantitative estimate of drug-likeness (QED) is 0.673. The Bertz CT molecular complexity index is 964. The smallest absolute Gasteiger partial charge is 0.251 e. The molecule has 4 heteroatoms. The maximum atomic E-state index is 12.5. The van der Waals surface area contributed by atoms with Crippen LogP contribution >= 0.6 is 0 Å². The molecule has 27 heavy (non-hydrogen) atoms. The number of amides is 1. The lowest BCUT2D eigenvalue weighted by Gasteiger charge is -2.13. The van der Waals surface area contributed by atoms with E-state index >= 15 is 0 Å². The van der Waals surface area contributed by atoms with Crippen LogP contribution in [0.15, 0.2) is 72.8 Å². The lowest BCUT2D eigenvalue weighted by molar-refractivity contribution is 0.0950. The molecule has 0 aliphatic carbocycles. The van der Waals surface area contributed by atoms with Crippen LogP contribution in [-0.2, 0) is 6.54 Å². The highest BCUT2D eigenvalue weighted by molar-refractivity contribution is 5.95. The monoisotopic (exact) mass is 358 g/mol. The maximum Gasteiger partial charge on any atom is 0.251 e. The van der Waals surface area contributed by atoms with E-state index in [0.717, 1.165) is 28.7 Å². The number of benzene rings is 3. The van der Waals surface area contributed by atoms with Gasteiger partial charge in [-0.15, -0.1) is 0 Å². The largest absolute Gasteiger partial charge is 0.378 e. The number of nitrogens with zero attached hydrogens (tertiary/aromatic N) is 1. The minimum atomic E-state index is -0.105. The van der Waals surface area contributed by atoms with Crippen LogP contribution in [0.25, 0.3) is 11.1 Å². The second kappa shape index (κ2) is 8.32. The van der Waals surface area contributed by atoms with Crippen LogP contribution in [0.5, 0.6) is 0 Å². The summed E-state index contributed by atoms with van der Waals surface area (Å²) in [5.41, 5.74) is 5.26. The third-order valence-corrected chi connectivity index (χ3v) is 4.36. The van der Waals surface area contributed by atoms with Gasteiger partial charge in [0.2, 0.25) is 0 Å². The summed E-state index contributed by atoms with van der Waals surface area (Å²) in [5.74, 6) is -0.105. The summed E-state index contributed by atoms with van der Waals surface area (Å²) in [6.45, 7) is 0.437. The molecule has 0 radical (unpaired) electrons. The summed E-state index contributed by atoms with van der Waals surface area (Å²) in [4.78, 5) is 25.4. The minimum Gasteiger partial charge on any atom is -0.378 e. The molecule has 0 atom stereocenters. The van der Waals surface area contributed by atoms with E-state index in [0.29, 0.717) is 17.7 Å². The lowest BCUT2D eigenvalue weighted by Crippen LogP contribution is -2.23. The van der Waals surface area contributed by atoms with Crippen LogP contribution in [-0.4, -0.2) is 26.3 Å². The van der Waals surface area contributed by atoms with Gasteiger partial charge in [-0.1, -0.05) is 42.5 Å². The van der Waals surface area contributed by atoms with E-state index in [1.165, 1.54) is 0 Å². The Hall–Kier alpha value is -3.40. The highest BCUT2D eigenvalue weighted by Gasteiger charge is 2.07. The molecule has 0 aromatic heterocycles. The molecule has 0 fully saturated rings. The summed E-state index contributed by atoms with van der Waals surface area (Å²) in [7, 11) is 3.89. The summed E-state index contributed by atoms with van der Waals surface area (Å²) in [6, 6.07) is 23.0. The molecule has 3 aromatic rings. The van der Waals surface area contributed by atoms with Crippen molar-refractivity contribution in [2.45, 2.75) is 6.54 Å². The standard InChI is InChI=1S/C23H22N2O2/c1-25(2)22-11-5-10-21(14-22)23(27)24-15-17-6-3-8-19(12-17)20-9-4-7-18(13-20)16-26/h3-14,16H,15H2,1-2H3,(H,24,27). The Morgan fingerprint density at radius 2 is 1.63 bits per heavy atom. The lowest BCUT2D eigenvalue weighted by atomic mass is 10.0. The van der Waals surface area contributed by atoms with Gasteiger partial charge >= 0.3 is 0 Å². The molecule has 3 aromatic carbocycles. The van der Waals surface area contributed by atoms with Crippen molar-refractivity contribution in [1.29, 1.82) is 0 Å². The first kappa shape index (κ1) is 18.4. The number of anilines is 1. The Morgan fingerprint density at radius 1 is 0.926 bits per heavy atom. The normalized spacial score (nSPS) is 10.3. The van der Waals surface area contributed by atoms with Crippen molar-refractivity contribution in [3.63, 3.8) is 0 Å². The molecule has 0 aliphatic heterocycles. The van der Waals surface area contributed by atoms with Gasteiger partial charge in [0.1, 0.15) is 6.29 Å². The molecular formula is C23H22N2O2. The Kier molecular flexibility index (Phi) is 5.67. The van der Waals surface area contributed by atoms with E-state index in [1.807, 2.05) is 85.7 Å². The van der Waals surface area contributed by atoms with Gasteiger partial charge in [-0.2, -0.15) is 0 Å². The summed E-state index contributed by atoms with van der Waals surface area (Å²) in [5, 5.41) is 2.97. The summed E-state index contributed by atoms with van der Waals surface area (Å²) in [6.07, 6.45) is 0.843. The predicted molar refractivity (Wildman–Crippen MR) is 109 cm³/mol. The highest BCUT2D eigenvalue weighted by atomic mass is 16.1. The number of aldehydes is 1. The SMILES string of the molecule is CN(C)c1cccc(C(=O)NCc2cccc(-c3cccc(C=O)c3)c2)c1. The average molecular weight is 358 g/mol. The van der Waals surface area contributed by atoms with Gasteiger partial charge in [-0.3, -0.25) is 9.59 Å². The van der Waals surface area contributed by atoms with Crippen LogP contribution in [0.2, 0.25) is 0 Å². The fourth-order valence-corrected chi connectivity index (χ4v) is 2.86. The van der Waals surface area contributed by atoms with Crippen LogP contribution in [0, 0.1) is 0 Å². The molecule has 4 nitrogen and oxygen atoms in total. The van der Waals surface area contributed by atoms with Crippen LogP contribution in [0.4, 0.5) is 5.69 Å². The second-order valence-corrected chi connectivity index (χ2v) is 6.57. The first-order chi connectivity index (χ1) is 13.1. The fraction of sp³-hybridized carbons (Fsp3) is 0.130. The Morgan fingerprint density at radius 3 is 2.37 bits per heavy atom. The van der Waals surface area contributed by atoms with Crippen molar-refractivity contribution in [3.8, 4) is 11.1 Å². The molecule has 0 aliphatic rings. The Labute approximate surface area is 159 Å². The van der Waals surface area contributed by atoms with Gasteiger partial charge in [0.15, 0.2) is 0 Å². The number of carbonyl (C=O) groups is 2. The molecule has 3 rings (SSSR count). The maximum absolute atomic E-state index is 12.5. The predicted octanol–water partition coefficient (Wildman–Crippen LogP) is 4.16. The van der Waals surface area contributed by atoms with E-state index in [-0.39, 0.29) is 5.91 Å². The van der Waals surface area contributed by atoms with Crippen molar-refractivity contribution in [2.24, 2.45) is 0 Å². The molecule has 1 amide bonds. The van der Waals surface area contributed by atoms with Crippen LogP contribution in [0.3, 0.4) is 0 Å². The van der Waals surface area contributed by atoms with Gasteiger partial charge in [-0.05, 0) is 47.0 Å². The van der Waals surface area contributed by atoms with E-state index in [2.05, 4.69) is 5.32 Å². The van der Waals surface area contributed by atoms with E-state index in [1.54, 1.807) is 6.07 Å². The average Bonchev–Trinajstić information content (AvgIpc) is 2.72. The van der Waals surface area contributed by atoms with Gasteiger partial charge in [0.05, 0.1) is 0 Å². The van der Waals surface area contributed by atoms with Crippen molar-refractivity contribution >= 4 is 17.9 Å². The fourth-order valence-electron chi connectivity index (χ4n) is 2.86.